The van der Waals surface area contributed by atoms with Crippen molar-refractivity contribution in [1.29, 1.82) is 0 Å². The van der Waals surface area contributed by atoms with Crippen LogP contribution in [0, 0.1) is 0 Å². The molecule has 1 aromatic rings. The van der Waals surface area contributed by atoms with Gasteiger partial charge in [0.15, 0.2) is 11.9 Å². The Labute approximate surface area is 94.7 Å². The fourth-order valence-corrected chi connectivity index (χ4v) is 1.55. The highest BCUT2D eigenvalue weighted by Gasteiger charge is 2.24. The van der Waals surface area contributed by atoms with Crippen LogP contribution in [-0.2, 0) is 4.79 Å². The third kappa shape index (κ3) is 2.77. The minimum absolute atomic E-state index is 0.124. The van der Waals surface area contributed by atoms with Crippen LogP contribution >= 0.6 is 0 Å². The van der Waals surface area contributed by atoms with Crippen molar-refractivity contribution in [2.24, 2.45) is 0 Å². The van der Waals surface area contributed by atoms with Crippen LogP contribution in [0.4, 0.5) is 0 Å². The standard InChI is InChI=1S/C10H18N4O2/c1-4-5-6-8(10(15)16)14-9(7(2)3)11-12-13-14/h7-8H,4-6H2,1-3H3,(H,15,16). The molecule has 0 saturated carbocycles. The zero-order valence-corrected chi connectivity index (χ0v) is 9.92. The molecule has 0 fully saturated rings. The van der Waals surface area contributed by atoms with Crippen LogP contribution in [0.3, 0.4) is 0 Å². The van der Waals surface area contributed by atoms with E-state index in [9.17, 15) is 4.79 Å². The van der Waals surface area contributed by atoms with Crippen LogP contribution in [0.25, 0.3) is 0 Å². The highest BCUT2D eigenvalue weighted by Crippen LogP contribution is 2.19. The summed E-state index contributed by atoms with van der Waals surface area (Å²) >= 11 is 0. The summed E-state index contributed by atoms with van der Waals surface area (Å²) in [5, 5.41) is 20.4. The Morgan fingerprint density at radius 3 is 2.69 bits per heavy atom. The van der Waals surface area contributed by atoms with Crippen LogP contribution in [0.2, 0.25) is 0 Å². The second-order valence-corrected chi connectivity index (χ2v) is 4.13. The predicted molar refractivity (Wildman–Crippen MR) is 58.1 cm³/mol. The first-order valence-electron chi connectivity index (χ1n) is 5.58. The minimum atomic E-state index is -0.873. The number of aliphatic carboxylic acids is 1. The van der Waals surface area contributed by atoms with Gasteiger partial charge in [-0.15, -0.1) is 5.10 Å². The van der Waals surface area contributed by atoms with Crippen molar-refractivity contribution in [3.8, 4) is 0 Å². The van der Waals surface area contributed by atoms with Gasteiger partial charge in [0.1, 0.15) is 0 Å². The molecule has 0 aliphatic rings. The lowest BCUT2D eigenvalue weighted by Crippen LogP contribution is -2.23. The second-order valence-electron chi connectivity index (χ2n) is 4.13. The van der Waals surface area contributed by atoms with E-state index in [-0.39, 0.29) is 5.92 Å². The summed E-state index contributed by atoms with van der Waals surface area (Å²) in [7, 11) is 0. The topological polar surface area (TPSA) is 80.9 Å². The maximum absolute atomic E-state index is 11.2. The molecule has 1 rings (SSSR count). The Hall–Kier alpha value is -1.46. The molecule has 1 unspecified atom stereocenters. The molecule has 0 spiro atoms. The first-order chi connectivity index (χ1) is 7.57. The molecule has 0 bridgehead atoms. The molecule has 1 N–H and O–H groups in total. The van der Waals surface area contributed by atoms with Gasteiger partial charge in [0, 0.05) is 5.92 Å². The molecule has 6 nitrogen and oxygen atoms in total. The number of nitrogens with zero attached hydrogens (tertiary/aromatic N) is 4. The number of carboxylic acids is 1. The van der Waals surface area contributed by atoms with Crippen LogP contribution in [0.1, 0.15) is 57.8 Å². The van der Waals surface area contributed by atoms with Crippen molar-refractivity contribution in [3.63, 3.8) is 0 Å². The van der Waals surface area contributed by atoms with Crippen molar-refractivity contribution >= 4 is 5.97 Å². The maximum Gasteiger partial charge on any atom is 0.328 e. The van der Waals surface area contributed by atoms with Gasteiger partial charge in [0.05, 0.1) is 0 Å². The van der Waals surface area contributed by atoms with Crippen LogP contribution in [-0.4, -0.2) is 31.3 Å². The van der Waals surface area contributed by atoms with Gasteiger partial charge in [-0.2, -0.15) is 0 Å². The van der Waals surface area contributed by atoms with Gasteiger partial charge >= 0.3 is 5.97 Å². The second kappa shape index (κ2) is 5.58. The monoisotopic (exact) mass is 226 g/mol. The molecule has 0 aliphatic heterocycles. The summed E-state index contributed by atoms with van der Waals surface area (Å²) in [5.41, 5.74) is 0. The van der Waals surface area contributed by atoms with Gasteiger partial charge in [-0.1, -0.05) is 33.6 Å². The van der Waals surface area contributed by atoms with Crippen LogP contribution < -0.4 is 0 Å². The SMILES string of the molecule is CCCCC(C(=O)O)n1nnnc1C(C)C. The van der Waals surface area contributed by atoms with Crippen LogP contribution in [0.5, 0.6) is 0 Å². The largest absolute Gasteiger partial charge is 0.480 e. The smallest absolute Gasteiger partial charge is 0.328 e. The molecule has 0 aliphatic carbocycles. The highest BCUT2D eigenvalue weighted by atomic mass is 16.4. The number of tetrazole rings is 1. The average molecular weight is 226 g/mol. The lowest BCUT2D eigenvalue weighted by Gasteiger charge is -2.14. The van der Waals surface area contributed by atoms with Crippen molar-refractivity contribution < 1.29 is 9.90 Å². The van der Waals surface area contributed by atoms with Crippen molar-refractivity contribution in [3.05, 3.63) is 5.82 Å². The molecular weight excluding hydrogens is 208 g/mol. The zero-order chi connectivity index (χ0) is 12.1. The number of rotatable bonds is 6. The number of unbranched alkanes of at least 4 members (excludes halogenated alkanes) is 1. The Morgan fingerprint density at radius 1 is 1.50 bits per heavy atom. The fourth-order valence-electron chi connectivity index (χ4n) is 1.55. The Morgan fingerprint density at radius 2 is 2.19 bits per heavy atom. The van der Waals surface area contributed by atoms with Gasteiger partial charge in [0.2, 0.25) is 0 Å². The lowest BCUT2D eigenvalue weighted by atomic mass is 10.1. The van der Waals surface area contributed by atoms with Gasteiger partial charge in [-0.3, -0.25) is 0 Å². The zero-order valence-electron chi connectivity index (χ0n) is 9.92. The highest BCUT2D eigenvalue weighted by molar-refractivity contribution is 5.71. The van der Waals surface area contributed by atoms with Gasteiger partial charge in [0.25, 0.3) is 0 Å². The van der Waals surface area contributed by atoms with E-state index >= 15 is 0 Å². The minimum Gasteiger partial charge on any atom is -0.480 e. The molecule has 1 heterocycles. The van der Waals surface area contributed by atoms with E-state index in [4.69, 9.17) is 5.11 Å². The van der Waals surface area contributed by atoms with E-state index in [2.05, 4.69) is 15.5 Å². The third-order valence-corrected chi connectivity index (χ3v) is 2.45. The number of aromatic nitrogens is 4. The van der Waals surface area contributed by atoms with E-state index in [1.807, 2.05) is 20.8 Å². The third-order valence-electron chi connectivity index (χ3n) is 2.45. The van der Waals surface area contributed by atoms with Gasteiger partial charge < -0.3 is 5.11 Å². The summed E-state index contributed by atoms with van der Waals surface area (Å²) in [5.74, 6) is -0.121. The van der Waals surface area contributed by atoms with E-state index in [1.54, 1.807) is 0 Å². The van der Waals surface area contributed by atoms with Gasteiger partial charge in [-0.25, -0.2) is 9.48 Å². The molecule has 0 saturated heterocycles. The van der Waals surface area contributed by atoms with Crippen molar-refractivity contribution in [2.45, 2.75) is 52.0 Å². The summed E-state index contributed by atoms with van der Waals surface area (Å²) in [6, 6.07) is -0.646. The number of carbonyl (C=O) groups is 1. The Kier molecular flexibility index (Phi) is 4.39. The first-order valence-corrected chi connectivity index (χ1v) is 5.58. The average Bonchev–Trinajstić information content (AvgIpc) is 2.66. The number of hydrogen-bond donors (Lipinski definition) is 1. The summed E-state index contributed by atoms with van der Waals surface area (Å²) in [6.07, 6.45) is 2.38. The summed E-state index contributed by atoms with van der Waals surface area (Å²) < 4.78 is 1.43. The number of hydrogen-bond acceptors (Lipinski definition) is 4. The molecule has 1 aromatic heterocycles. The van der Waals surface area contributed by atoms with Crippen molar-refractivity contribution in [1.82, 2.24) is 20.2 Å². The summed E-state index contributed by atoms with van der Waals surface area (Å²) in [6.45, 7) is 5.92. The molecule has 1 atom stereocenters. The van der Waals surface area contributed by atoms with E-state index in [0.29, 0.717) is 12.2 Å². The molecule has 16 heavy (non-hydrogen) atoms. The van der Waals surface area contributed by atoms with E-state index < -0.39 is 12.0 Å². The first kappa shape index (κ1) is 12.6. The van der Waals surface area contributed by atoms with Crippen LogP contribution in [0.15, 0.2) is 0 Å². The lowest BCUT2D eigenvalue weighted by molar-refractivity contribution is -0.141. The summed E-state index contributed by atoms with van der Waals surface area (Å²) in [4.78, 5) is 11.2. The number of carboxylic acid groups (broad SMARTS) is 1. The van der Waals surface area contributed by atoms with Gasteiger partial charge in [-0.05, 0) is 16.8 Å². The normalized spacial score (nSPS) is 13.0. The fraction of sp³-hybridized carbons (Fsp3) is 0.800. The predicted octanol–water partition coefficient (Wildman–Crippen LogP) is 1.61. The molecule has 0 radical (unpaired) electrons. The van der Waals surface area contributed by atoms with E-state index in [0.717, 1.165) is 12.8 Å². The maximum atomic E-state index is 11.2. The molecule has 90 valence electrons. The molecule has 6 heteroatoms. The molecule has 0 aromatic carbocycles. The molecule has 0 amide bonds. The van der Waals surface area contributed by atoms with Crippen molar-refractivity contribution in [2.75, 3.05) is 0 Å². The quantitative estimate of drug-likeness (QED) is 0.797. The Bertz CT molecular complexity index is 348. The Balaban J connectivity index is 2.92. The molecular formula is C10H18N4O2. The van der Waals surface area contributed by atoms with E-state index in [1.165, 1.54) is 4.68 Å².